The molecule has 2 aliphatic rings. The summed E-state index contributed by atoms with van der Waals surface area (Å²) >= 11 is 0. The predicted octanol–water partition coefficient (Wildman–Crippen LogP) is -0.0331. The SMILES string of the molecule is COC[C@@H]1CCCN1C(=O)[C@@H]1CCC(=O)N[C@@H]([C@@H](C)O)C(=O)NCCCOc2ccccc2C(=O)N1. The van der Waals surface area contributed by atoms with E-state index in [0.29, 0.717) is 25.3 Å². The quantitative estimate of drug-likeness (QED) is 0.450. The summed E-state index contributed by atoms with van der Waals surface area (Å²) in [7, 11) is 1.57. The zero-order valence-electron chi connectivity index (χ0n) is 20.8. The first-order valence-corrected chi connectivity index (χ1v) is 12.4. The van der Waals surface area contributed by atoms with Crippen molar-refractivity contribution in [1.29, 1.82) is 0 Å². The van der Waals surface area contributed by atoms with E-state index in [4.69, 9.17) is 9.47 Å². The molecule has 198 valence electrons. The average Bonchev–Trinajstić information content (AvgIpc) is 3.32. The van der Waals surface area contributed by atoms with Crippen molar-refractivity contribution >= 4 is 23.6 Å². The number of nitrogens with one attached hydrogen (secondary N) is 3. The van der Waals surface area contributed by atoms with Crippen molar-refractivity contribution < 1.29 is 33.8 Å². The number of carbonyl (C=O) groups excluding carboxylic acids is 4. The second kappa shape index (κ2) is 13.2. The highest BCUT2D eigenvalue weighted by Gasteiger charge is 2.35. The van der Waals surface area contributed by atoms with E-state index < -0.39 is 35.9 Å². The maximum atomic E-state index is 13.5. The highest BCUT2D eigenvalue weighted by molar-refractivity contribution is 6.00. The topological polar surface area (TPSA) is 146 Å². The number of benzene rings is 1. The van der Waals surface area contributed by atoms with Gasteiger partial charge in [0.2, 0.25) is 17.7 Å². The molecule has 0 bridgehead atoms. The number of rotatable bonds is 4. The minimum absolute atomic E-state index is 0.0176. The summed E-state index contributed by atoms with van der Waals surface area (Å²) in [5.41, 5.74) is 0.278. The summed E-state index contributed by atoms with van der Waals surface area (Å²) in [6, 6.07) is 4.51. The fourth-order valence-corrected chi connectivity index (χ4v) is 4.47. The molecule has 4 atom stereocenters. The number of hydrogen-bond acceptors (Lipinski definition) is 7. The van der Waals surface area contributed by atoms with Gasteiger partial charge in [0.1, 0.15) is 17.8 Å². The van der Waals surface area contributed by atoms with Crippen molar-refractivity contribution in [2.24, 2.45) is 0 Å². The van der Waals surface area contributed by atoms with Crippen molar-refractivity contribution in [3.63, 3.8) is 0 Å². The van der Waals surface area contributed by atoms with Crippen LogP contribution in [0.25, 0.3) is 0 Å². The minimum atomic E-state index is -1.14. The first-order chi connectivity index (χ1) is 17.3. The van der Waals surface area contributed by atoms with Crippen LogP contribution < -0.4 is 20.7 Å². The van der Waals surface area contributed by atoms with Gasteiger partial charge >= 0.3 is 0 Å². The van der Waals surface area contributed by atoms with Gasteiger partial charge in [-0.05, 0) is 44.7 Å². The number of aliphatic hydroxyl groups excluding tert-OH is 1. The summed E-state index contributed by atoms with van der Waals surface area (Å²) in [5, 5.41) is 18.1. The van der Waals surface area contributed by atoms with Gasteiger partial charge in [0, 0.05) is 26.6 Å². The van der Waals surface area contributed by atoms with Gasteiger partial charge in [-0.25, -0.2) is 0 Å². The van der Waals surface area contributed by atoms with E-state index in [1.165, 1.54) is 6.92 Å². The lowest BCUT2D eigenvalue weighted by Gasteiger charge is -2.29. The van der Waals surface area contributed by atoms with Crippen LogP contribution in [0.2, 0.25) is 0 Å². The average molecular weight is 505 g/mol. The highest BCUT2D eigenvalue weighted by atomic mass is 16.5. The monoisotopic (exact) mass is 504 g/mol. The molecule has 2 aliphatic heterocycles. The lowest BCUT2D eigenvalue weighted by atomic mass is 10.1. The Bertz CT molecular complexity index is 939. The second-order valence-electron chi connectivity index (χ2n) is 9.12. The largest absolute Gasteiger partial charge is 0.493 e. The number of ether oxygens (including phenoxy) is 2. The van der Waals surface area contributed by atoms with Crippen LogP contribution in [0.3, 0.4) is 0 Å². The van der Waals surface area contributed by atoms with Crippen LogP contribution in [0.1, 0.15) is 49.4 Å². The summed E-state index contributed by atoms with van der Waals surface area (Å²) < 4.78 is 11.0. The first kappa shape index (κ1) is 27.4. The maximum Gasteiger partial charge on any atom is 0.255 e. The molecular weight excluding hydrogens is 468 g/mol. The number of aliphatic hydroxyl groups is 1. The van der Waals surface area contributed by atoms with Crippen molar-refractivity contribution in [2.45, 2.75) is 63.3 Å². The predicted molar refractivity (Wildman–Crippen MR) is 130 cm³/mol. The number of nitrogens with zero attached hydrogens (tertiary/aromatic N) is 1. The smallest absolute Gasteiger partial charge is 0.255 e. The molecule has 36 heavy (non-hydrogen) atoms. The molecule has 0 saturated carbocycles. The number of amides is 4. The third-order valence-electron chi connectivity index (χ3n) is 6.37. The molecule has 1 aromatic rings. The molecule has 4 amide bonds. The van der Waals surface area contributed by atoms with Crippen LogP contribution in [0.5, 0.6) is 5.75 Å². The Morgan fingerprint density at radius 2 is 1.97 bits per heavy atom. The van der Waals surface area contributed by atoms with E-state index in [-0.39, 0.29) is 43.5 Å². The van der Waals surface area contributed by atoms with Crippen LogP contribution in [-0.2, 0) is 19.1 Å². The number of para-hydroxylation sites is 1. The molecule has 1 saturated heterocycles. The van der Waals surface area contributed by atoms with Crippen LogP contribution in [0, 0.1) is 0 Å². The van der Waals surface area contributed by atoms with E-state index in [1.807, 2.05) is 0 Å². The molecule has 3 rings (SSSR count). The third kappa shape index (κ3) is 7.17. The number of hydrogen-bond donors (Lipinski definition) is 4. The standard InChI is InChI=1S/C25H36N4O7/c1-16(30)22-24(33)26-12-6-14-36-20-9-4-3-8-18(20)23(32)27-19(10-11-21(31)28-22)25(34)29-13-5-7-17(29)15-35-2/h3-4,8-9,16-17,19,22,30H,5-7,10-15H2,1-2H3,(H,26,33)(H,27,32)(H,28,31)/t16-,17+,19+,22+/m1/s1. The van der Waals surface area contributed by atoms with Gasteiger partial charge in [0.15, 0.2) is 0 Å². The molecule has 1 fully saturated rings. The van der Waals surface area contributed by atoms with Gasteiger partial charge in [-0.1, -0.05) is 12.1 Å². The number of fused-ring (bicyclic) bond motifs is 1. The second-order valence-corrected chi connectivity index (χ2v) is 9.12. The fraction of sp³-hybridized carbons (Fsp3) is 0.600. The summed E-state index contributed by atoms with van der Waals surface area (Å²) in [5.74, 6) is -1.42. The van der Waals surface area contributed by atoms with Crippen molar-refractivity contribution in [2.75, 3.05) is 33.4 Å². The van der Waals surface area contributed by atoms with Gasteiger partial charge < -0.3 is 35.4 Å². The molecule has 0 unspecified atom stereocenters. The Kier molecular flexibility index (Phi) is 10.1. The normalized spacial score (nSPS) is 25.1. The van der Waals surface area contributed by atoms with Gasteiger partial charge in [0.25, 0.3) is 5.91 Å². The van der Waals surface area contributed by atoms with Gasteiger partial charge in [0.05, 0.1) is 30.9 Å². The Labute approximate surface area is 210 Å². The molecule has 2 heterocycles. The number of likely N-dealkylation sites (tertiary alicyclic amines) is 1. The van der Waals surface area contributed by atoms with Crippen molar-refractivity contribution in [3.05, 3.63) is 29.8 Å². The molecule has 0 spiro atoms. The number of carbonyl (C=O) groups is 4. The highest BCUT2D eigenvalue weighted by Crippen LogP contribution is 2.22. The molecule has 1 aromatic carbocycles. The first-order valence-electron chi connectivity index (χ1n) is 12.4. The molecule has 11 nitrogen and oxygen atoms in total. The molecule has 0 radical (unpaired) electrons. The van der Waals surface area contributed by atoms with Crippen LogP contribution in [0.4, 0.5) is 0 Å². The Balaban J connectivity index is 1.86. The van der Waals surface area contributed by atoms with Crippen molar-refractivity contribution in [3.8, 4) is 5.75 Å². The van der Waals surface area contributed by atoms with Gasteiger partial charge in [-0.3, -0.25) is 19.2 Å². The van der Waals surface area contributed by atoms with Gasteiger partial charge in [-0.15, -0.1) is 0 Å². The van der Waals surface area contributed by atoms with E-state index >= 15 is 0 Å². The summed E-state index contributed by atoms with van der Waals surface area (Å²) in [6.45, 7) is 2.83. The van der Waals surface area contributed by atoms with E-state index in [1.54, 1.807) is 36.3 Å². The Hall–Kier alpha value is -3.18. The molecule has 11 heteroatoms. The van der Waals surface area contributed by atoms with Crippen LogP contribution >= 0.6 is 0 Å². The molecule has 0 aromatic heterocycles. The molecule has 4 N–H and O–H groups in total. The molecular formula is C25H36N4O7. The van der Waals surface area contributed by atoms with E-state index in [2.05, 4.69) is 16.0 Å². The zero-order chi connectivity index (χ0) is 26.1. The van der Waals surface area contributed by atoms with Gasteiger partial charge in [-0.2, -0.15) is 0 Å². The third-order valence-corrected chi connectivity index (χ3v) is 6.37. The number of methoxy groups -OCH3 is 1. The van der Waals surface area contributed by atoms with Crippen molar-refractivity contribution in [1.82, 2.24) is 20.9 Å². The Morgan fingerprint density at radius 1 is 1.19 bits per heavy atom. The van der Waals surface area contributed by atoms with Crippen LogP contribution in [-0.4, -0.2) is 91.3 Å². The summed E-state index contributed by atoms with van der Waals surface area (Å²) in [4.78, 5) is 53.6. The van der Waals surface area contributed by atoms with E-state index in [0.717, 1.165) is 12.8 Å². The Morgan fingerprint density at radius 3 is 2.72 bits per heavy atom. The fourth-order valence-electron chi connectivity index (χ4n) is 4.47. The maximum absolute atomic E-state index is 13.5. The lowest BCUT2D eigenvalue weighted by Crippen LogP contribution is -2.53. The summed E-state index contributed by atoms with van der Waals surface area (Å²) in [6.07, 6.45) is 0.829. The van der Waals surface area contributed by atoms with E-state index in [9.17, 15) is 24.3 Å². The van der Waals surface area contributed by atoms with Crippen LogP contribution in [0.15, 0.2) is 24.3 Å². The zero-order valence-corrected chi connectivity index (χ0v) is 20.8. The molecule has 0 aliphatic carbocycles. The lowest BCUT2D eigenvalue weighted by molar-refractivity contribution is -0.136. The minimum Gasteiger partial charge on any atom is -0.493 e.